The number of ether oxygens (including phenoxy) is 1. The van der Waals surface area contributed by atoms with Gasteiger partial charge in [0.1, 0.15) is 5.75 Å². The Morgan fingerprint density at radius 2 is 1.61 bits per heavy atom. The lowest BCUT2D eigenvalue weighted by atomic mass is 10.1. The molecule has 0 bridgehead atoms. The van der Waals surface area contributed by atoms with Crippen molar-refractivity contribution >= 4 is 29.0 Å². The van der Waals surface area contributed by atoms with E-state index in [0.29, 0.717) is 30.1 Å². The Labute approximate surface area is 181 Å². The molecular formula is C25H25N3O3. The minimum atomic E-state index is -0.349. The number of fused-ring (bicyclic) bond motifs is 1. The summed E-state index contributed by atoms with van der Waals surface area (Å²) >= 11 is 0. The number of carbonyl (C=O) groups is 2. The highest BCUT2D eigenvalue weighted by Crippen LogP contribution is 2.32. The highest BCUT2D eigenvalue weighted by atomic mass is 16.5. The zero-order chi connectivity index (χ0) is 21.8. The van der Waals surface area contributed by atoms with E-state index in [0.717, 1.165) is 29.0 Å². The summed E-state index contributed by atoms with van der Waals surface area (Å²) in [7, 11) is 0. The molecule has 3 aromatic rings. The minimum absolute atomic E-state index is 0.0326. The number of anilines is 3. The largest absolute Gasteiger partial charge is 0.494 e. The SMILES string of the molecule is CCOc1ccc(NC(=O)Nc2ccc3c(c2)N(C(=O)c2ccc(C)cc2)CC3)cc1. The molecule has 0 fully saturated rings. The topological polar surface area (TPSA) is 70.7 Å². The summed E-state index contributed by atoms with van der Waals surface area (Å²) in [5.41, 5.74) is 5.00. The van der Waals surface area contributed by atoms with E-state index in [1.807, 2.05) is 68.4 Å². The lowest BCUT2D eigenvalue weighted by Gasteiger charge is -2.18. The molecule has 0 spiro atoms. The van der Waals surface area contributed by atoms with Gasteiger partial charge in [-0.25, -0.2) is 4.79 Å². The lowest BCUT2D eigenvalue weighted by molar-refractivity contribution is 0.0989. The Bertz CT molecular complexity index is 1090. The van der Waals surface area contributed by atoms with Gasteiger partial charge in [-0.15, -0.1) is 0 Å². The smallest absolute Gasteiger partial charge is 0.323 e. The third kappa shape index (κ3) is 4.69. The lowest BCUT2D eigenvalue weighted by Crippen LogP contribution is -2.29. The molecule has 6 nitrogen and oxygen atoms in total. The van der Waals surface area contributed by atoms with Crippen molar-refractivity contribution < 1.29 is 14.3 Å². The number of hydrogen-bond donors (Lipinski definition) is 2. The van der Waals surface area contributed by atoms with Crippen LogP contribution >= 0.6 is 0 Å². The number of benzene rings is 3. The first-order chi connectivity index (χ1) is 15.0. The number of aryl methyl sites for hydroxylation is 1. The molecule has 158 valence electrons. The molecule has 0 saturated carbocycles. The molecule has 0 aromatic heterocycles. The second kappa shape index (κ2) is 8.92. The van der Waals surface area contributed by atoms with Crippen LogP contribution in [0.3, 0.4) is 0 Å². The summed E-state index contributed by atoms with van der Waals surface area (Å²) in [6.45, 7) is 5.14. The number of nitrogens with one attached hydrogen (secondary N) is 2. The van der Waals surface area contributed by atoms with E-state index in [9.17, 15) is 9.59 Å². The van der Waals surface area contributed by atoms with Crippen LogP contribution in [0.25, 0.3) is 0 Å². The third-order valence-corrected chi connectivity index (χ3v) is 5.21. The summed E-state index contributed by atoms with van der Waals surface area (Å²) in [6.07, 6.45) is 0.797. The monoisotopic (exact) mass is 415 g/mol. The maximum atomic E-state index is 13.0. The van der Waals surface area contributed by atoms with E-state index in [1.165, 1.54) is 0 Å². The van der Waals surface area contributed by atoms with Crippen molar-refractivity contribution in [2.45, 2.75) is 20.3 Å². The van der Waals surface area contributed by atoms with Gasteiger partial charge in [0.2, 0.25) is 0 Å². The maximum Gasteiger partial charge on any atom is 0.323 e. The predicted octanol–water partition coefficient (Wildman–Crippen LogP) is 5.24. The van der Waals surface area contributed by atoms with Crippen LogP contribution in [0.15, 0.2) is 66.7 Å². The fourth-order valence-corrected chi connectivity index (χ4v) is 3.61. The molecule has 0 atom stereocenters. The summed E-state index contributed by atoms with van der Waals surface area (Å²) in [5, 5.41) is 5.65. The molecule has 4 rings (SSSR count). The first-order valence-electron chi connectivity index (χ1n) is 10.4. The molecule has 6 heteroatoms. The van der Waals surface area contributed by atoms with Crippen molar-refractivity contribution in [1.29, 1.82) is 0 Å². The molecule has 3 aromatic carbocycles. The van der Waals surface area contributed by atoms with Crippen LogP contribution < -0.4 is 20.3 Å². The molecule has 0 radical (unpaired) electrons. The van der Waals surface area contributed by atoms with E-state index in [4.69, 9.17) is 4.74 Å². The van der Waals surface area contributed by atoms with Crippen molar-refractivity contribution in [2.24, 2.45) is 0 Å². The van der Waals surface area contributed by atoms with Crippen molar-refractivity contribution in [3.63, 3.8) is 0 Å². The van der Waals surface area contributed by atoms with E-state index >= 15 is 0 Å². The molecule has 0 unspecified atom stereocenters. The van der Waals surface area contributed by atoms with Crippen LogP contribution in [0.4, 0.5) is 21.9 Å². The second-order valence-electron chi connectivity index (χ2n) is 7.45. The number of hydrogen-bond acceptors (Lipinski definition) is 3. The zero-order valence-corrected chi connectivity index (χ0v) is 17.6. The molecule has 0 aliphatic carbocycles. The second-order valence-corrected chi connectivity index (χ2v) is 7.45. The first-order valence-corrected chi connectivity index (χ1v) is 10.4. The van der Waals surface area contributed by atoms with Gasteiger partial charge >= 0.3 is 6.03 Å². The first kappa shape index (κ1) is 20.5. The van der Waals surface area contributed by atoms with Gasteiger partial charge in [-0.05, 0) is 74.4 Å². The van der Waals surface area contributed by atoms with Crippen LogP contribution in [-0.4, -0.2) is 25.1 Å². The van der Waals surface area contributed by atoms with Crippen LogP contribution in [0.2, 0.25) is 0 Å². The molecular weight excluding hydrogens is 390 g/mol. The molecule has 1 aliphatic rings. The number of carbonyl (C=O) groups excluding carboxylic acids is 2. The van der Waals surface area contributed by atoms with Crippen molar-refractivity contribution in [3.8, 4) is 5.75 Å². The molecule has 1 heterocycles. The molecule has 0 saturated heterocycles. The van der Waals surface area contributed by atoms with Gasteiger partial charge in [0.25, 0.3) is 5.91 Å². The fourth-order valence-electron chi connectivity index (χ4n) is 3.61. The summed E-state index contributed by atoms with van der Waals surface area (Å²) in [6, 6.07) is 20.1. The quantitative estimate of drug-likeness (QED) is 0.599. The normalized spacial score (nSPS) is 12.3. The number of nitrogens with zero attached hydrogens (tertiary/aromatic N) is 1. The Morgan fingerprint density at radius 1 is 0.935 bits per heavy atom. The van der Waals surface area contributed by atoms with Crippen LogP contribution in [-0.2, 0) is 6.42 Å². The zero-order valence-electron chi connectivity index (χ0n) is 17.6. The summed E-state index contributed by atoms with van der Waals surface area (Å²) in [4.78, 5) is 27.2. The summed E-state index contributed by atoms with van der Waals surface area (Å²) < 4.78 is 5.41. The van der Waals surface area contributed by atoms with Crippen LogP contribution in [0.1, 0.15) is 28.4 Å². The molecule has 2 N–H and O–H groups in total. The molecule has 31 heavy (non-hydrogen) atoms. The van der Waals surface area contributed by atoms with Crippen molar-refractivity contribution in [2.75, 3.05) is 28.7 Å². The van der Waals surface area contributed by atoms with Crippen molar-refractivity contribution in [1.82, 2.24) is 0 Å². The maximum absolute atomic E-state index is 13.0. The third-order valence-electron chi connectivity index (χ3n) is 5.21. The summed E-state index contributed by atoms with van der Waals surface area (Å²) in [5.74, 6) is 0.722. The standard InChI is InChI=1S/C25H25N3O3/c1-3-31-22-12-10-20(11-13-22)26-25(30)27-21-9-8-18-14-15-28(23(18)16-21)24(29)19-6-4-17(2)5-7-19/h4-13,16H,3,14-15H2,1-2H3,(H2,26,27,30). The van der Waals surface area contributed by atoms with Crippen LogP contribution in [0.5, 0.6) is 5.75 Å². The van der Waals surface area contributed by atoms with E-state index in [-0.39, 0.29) is 11.9 Å². The predicted molar refractivity (Wildman–Crippen MR) is 123 cm³/mol. The van der Waals surface area contributed by atoms with Crippen molar-refractivity contribution in [3.05, 3.63) is 83.4 Å². The van der Waals surface area contributed by atoms with Gasteiger partial charge in [-0.2, -0.15) is 0 Å². The van der Waals surface area contributed by atoms with Gasteiger partial charge in [0.05, 0.1) is 6.61 Å². The van der Waals surface area contributed by atoms with Gasteiger partial charge < -0.3 is 20.3 Å². The Hall–Kier alpha value is -3.80. The number of urea groups is 1. The highest BCUT2D eigenvalue weighted by molar-refractivity contribution is 6.08. The highest BCUT2D eigenvalue weighted by Gasteiger charge is 2.26. The van der Waals surface area contributed by atoms with E-state index in [2.05, 4.69) is 10.6 Å². The average Bonchev–Trinajstić information content (AvgIpc) is 3.18. The average molecular weight is 415 g/mol. The Morgan fingerprint density at radius 3 is 2.32 bits per heavy atom. The Balaban J connectivity index is 1.45. The fraction of sp³-hybridized carbons (Fsp3) is 0.200. The van der Waals surface area contributed by atoms with Gasteiger partial charge in [-0.1, -0.05) is 23.8 Å². The molecule has 1 aliphatic heterocycles. The van der Waals surface area contributed by atoms with Gasteiger partial charge in [0.15, 0.2) is 0 Å². The van der Waals surface area contributed by atoms with Gasteiger partial charge in [-0.3, -0.25) is 4.79 Å². The number of rotatable bonds is 5. The Kier molecular flexibility index (Phi) is 5.89. The van der Waals surface area contributed by atoms with E-state index in [1.54, 1.807) is 17.0 Å². The molecule has 3 amide bonds. The number of amides is 3. The minimum Gasteiger partial charge on any atom is -0.494 e. The van der Waals surface area contributed by atoms with E-state index < -0.39 is 0 Å². The van der Waals surface area contributed by atoms with Gasteiger partial charge in [0, 0.05) is 29.2 Å². The van der Waals surface area contributed by atoms with Crippen LogP contribution in [0, 0.1) is 6.92 Å².